The molecule has 2 rings (SSSR count). The van der Waals surface area contributed by atoms with Crippen LogP contribution >= 0.6 is 0 Å². The van der Waals surface area contributed by atoms with Crippen molar-refractivity contribution in [3.63, 3.8) is 0 Å². The number of hydrogen-bond acceptors (Lipinski definition) is 5. The number of rotatable bonds is 2. The van der Waals surface area contributed by atoms with E-state index >= 15 is 0 Å². The van der Waals surface area contributed by atoms with Crippen LogP contribution in [0.25, 0.3) is 0 Å². The Kier molecular flexibility index (Phi) is 3.22. The summed E-state index contributed by atoms with van der Waals surface area (Å²) in [5, 5.41) is 0. The molecule has 2 fully saturated rings. The minimum absolute atomic E-state index is 0.450. The number of carbonyl (C=O) groups excluding carboxylic acids is 1. The van der Waals surface area contributed by atoms with E-state index in [1.807, 2.05) is 41.5 Å². The van der Waals surface area contributed by atoms with Gasteiger partial charge >= 0.3 is 14.0 Å². The fraction of sp³-hybridized carbons (Fsp3) is 0.917. The second-order valence-electron chi connectivity index (χ2n) is 6.96. The second-order valence-corrected chi connectivity index (χ2v) is 6.96. The Labute approximate surface area is 115 Å². The van der Waals surface area contributed by atoms with E-state index in [0.29, 0.717) is 0 Å². The Balaban J connectivity index is 2.18. The summed E-state index contributed by atoms with van der Waals surface area (Å²) in [5.41, 5.74) is -2.62. The predicted octanol–water partition coefficient (Wildman–Crippen LogP) is 1.43. The zero-order valence-electron chi connectivity index (χ0n) is 12.8. The lowest BCUT2D eigenvalue weighted by Gasteiger charge is -2.32. The summed E-state index contributed by atoms with van der Waals surface area (Å²) < 4.78 is 23.3. The fourth-order valence-electron chi connectivity index (χ4n) is 2.10. The molecule has 19 heavy (non-hydrogen) atoms. The maximum atomic E-state index is 11.3. The predicted molar refractivity (Wildman–Crippen MR) is 72.6 cm³/mol. The van der Waals surface area contributed by atoms with Crippen LogP contribution in [0.15, 0.2) is 0 Å². The van der Waals surface area contributed by atoms with Crippen LogP contribution in [0.2, 0.25) is 0 Å². The van der Waals surface area contributed by atoms with Gasteiger partial charge in [-0.3, -0.25) is 0 Å². The number of aldehydes is 1. The molecule has 1 atom stereocenters. The van der Waals surface area contributed by atoms with Crippen LogP contribution in [0.1, 0.15) is 48.5 Å². The largest absolute Gasteiger partial charge is 0.489 e. The highest BCUT2D eigenvalue weighted by molar-refractivity contribution is 7.11. The third-order valence-corrected chi connectivity index (χ3v) is 4.69. The van der Waals surface area contributed by atoms with E-state index in [-0.39, 0.29) is 0 Å². The zero-order valence-corrected chi connectivity index (χ0v) is 12.8. The van der Waals surface area contributed by atoms with Crippen LogP contribution in [0.4, 0.5) is 0 Å². The van der Waals surface area contributed by atoms with Crippen LogP contribution < -0.4 is 0 Å². The Bertz CT molecular complexity index is 380. The molecule has 0 bridgehead atoms. The first-order chi connectivity index (χ1) is 8.44. The molecule has 0 amide bonds. The van der Waals surface area contributed by atoms with Crippen molar-refractivity contribution in [1.82, 2.24) is 0 Å². The minimum Gasteiger partial charge on any atom is -0.405 e. The standard InChI is InChI=1S/C12H22B2O5/c1-9(2)10(3,4)17-13(16-9)14-18-11(5,6)12(7,8-15)19-14/h8H,1-7H3. The van der Waals surface area contributed by atoms with Gasteiger partial charge in [0.15, 0.2) is 6.29 Å². The normalized spacial score (nSPS) is 35.7. The smallest absolute Gasteiger partial charge is 0.405 e. The highest BCUT2D eigenvalue weighted by Crippen LogP contribution is 2.42. The first-order valence-corrected chi connectivity index (χ1v) is 6.62. The van der Waals surface area contributed by atoms with Gasteiger partial charge in [-0.1, -0.05) is 0 Å². The van der Waals surface area contributed by atoms with E-state index in [1.54, 1.807) is 6.92 Å². The third-order valence-electron chi connectivity index (χ3n) is 4.69. The van der Waals surface area contributed by atoms with Gasteiger partial charge in [0.1, 0.15) is 5.60 Å². The summed E-state index contributed by atoms with van der Waals surface area (Å²) in [6.45, 7) is 13.2. The summed E-state index contributed by atoms with van der Waals surface area (Å²) in [4.78, 5) is 11.3. The molecule has 0 radical (unpaired) electrons. The minimum atomic E-state index is -0.999. The van der Waals surface area contributed by atoms with E-state index in [2.05, 4.69) is 0 Å². The van der Waals surface area contributed by atoms with Gasteiger partial charge in [0, 0.05) is 0 Å². The molecular formula is C12H22B2O5. The van der Waals surface area contributed by atoms with Crippen LogP contribution in [0, 0.1) is 0 Å². The Morgan fingerprint density at radius 2 is 1.05 bits per heavy atom. The van der Waals surface area contributed by atoms with Crippen molar-refractivity contribution in [2.45, 2.75) is 70.9 Å². The van der Waals surface area contributed by atoms with Crippen molar-refractivity contribution in [2.24, 2.45) is 0 Å². The van der Waals surface area contributed by atoms with Gasteiger partial charge in [-0.05, 0) is 48.5 Å². The topological polar surface area (TPSA) is 54.0 Å². The molecule has 1 unspecified atom stereocenters. The molecule has 106 valence electrons. The van der Waals surface area contributed by atoms with Crippen LogP contribution in [-0.4, -0.2) is 42.7 Å². The molecule has 0 aromatic heterocycles. The van der Waals surface area contributed by atoms with E-state index in [9.17, 15) is 4.79 Å². The zero-order chi connectivity index (χ0) is 14.7. The molecule has 0 spiro atoms. The molecule has 0 saturated carbocycles. The number of carbonyl (C=O) groups is 1. The van der Waals surface area contributed by atoms with Crippen molar-refractivity contribution in [3.05, 3.63) is 0 Å². The SMILES string of the molecule is CC1(C)OB(B2OC(C)(C)C(C)(C=O)O2)OC1(C)C. The molecule has 7 heteroatoms. The first-order valence-electron chi connectivity index (χ1n) is 6.62. The quantitative estimate of drug-likeness (QED) is 0.560. The first kappa shape index (κ1) is 15.0. The highest BCUT2D eigenvalue weighted by Gasteiger charge is 2.65. The van der Waals surface area contributed by atoms with Gasteiger partial charge < -0.3 is 23.4 Å². The Hall–Kier alpha value is -0.360. The molecule has 0 aliphatic carbocycles. The molecule has 2 heterocycles. The Morgan fingerprint density at radius 1 is 0.684 bits per heavy atom. The third kappa shape index (κ3) is 2.17. The number of hydrogen-bond donors (Lipinski definition) is 0. The average molecular weight is 268 g/mol. The highest BCUT2D eigenvalue weighted by atomic mass is 16.7. The molecule has 2 aliphatic heterocycles. The summed E-state index contributed by atoms with van der Waals surface area (Å²) in [5.74, 6) is 0. The monoisotopic (exact) mass is 268 g/mol. The van der Waals surface area contributed by atoms with Crippen LogP contribution in [0.5, 0.6) is 0 Å². The lowest BCUT2D eigenvalue weighted by Crippen LogP contribution is -2.46. The maximum absolute atomic E-state index is 11.3. The molecule has 0 N–H and O–H groups in total. The summed E-state index contributed by atoms with van der Waals surface area (Å²) in [6.07, 6.45) is 0.776. The van der Waals surface area contributed by atoms with Crippen LogP contribution in [-0.2, 0) is 23.4 Å². The lowest BCUT2D eigenvalue weighted by atomic mass is 9.49. The van der Waals surface area contributed by atoms with Crippen LogP contribution in [0.3, 0.4) is 0 Å². The van der Waals surface area contributed by atoms with Crippen molar-refractivity contribution >= 4 is 20.3 Å². The lowest BCUT2D eigenvalue weighted by molar-refractivity contribution is -0.126. The van der Waals surface area contributed by atoms with E-state index in [0.717, 1.165) is 6.29 Å². The summed E-state index contributed by atoms with van der Waals surface area (Å²) >= 11 is 0. The maximum Gasteiger partial charge on any atom is 0.489 e. The molecule has 0 aromatic carbocycles. The van der Waals surface area contributed by atoms with Crippen molar-refractivity contribution in [3.8, 4) is 0 Å². The second kappa shape index (κ2) is 4.07. The summed E-state index contributed by atoms with van der Waals surface area (Å²) in [7, 11) is -1.34. The Morgan fingerprint density at radius 3 is 1.42 bits per heavy atom. The average Bonchev–Trinajstić information content (AvgIpc) is 2.60. The van der Waals surface area contributed by atoms with Gasteiger partial charge in [0.05, 0.1) is 16.8 Å². The molecule has 2 saturated heterocycles. The van der Waals surface area contributed by atoms with E-state index < -0.39 is 36.4 Å². The molecule has 5 nitrogen and oxygen atoms in total. The van der Waals surface area contributed by atoms with Crippen molar-refractivity contribution < 1.29 is 23.4 Å². The van der Waals surface area contributed by atoms with Gasteiger partial charge in [-0.15, -0.1) is 0 Å². The van der Waals surface area contributed by atoms with Gasteiger partial charge in [0.25, 0.3) is 0 Å². The fourth-order valence-corrected chi connectivity index (χ4v) is 2.10. The van der Waals surface area contributed by atoms with E-state index in [1.165, 1.54) is 0 Å². The summed E-state index contributed by atoms with van der Waals surface area (Å²) in [6, 6.07) is 0. The van der Waals surface area contributed by atoms with Crippen molar-refractivity contribution in [1.29, 1.82) is 0 Å². The van der Waals surface area contributed by atoms with Gasteiger partial charge in [-0.2, -0.15) is 0 Å². The van der Waals surface area contributed by atoms with Crippen molar-refractivity contribution in [2.75, 3.05) is 0 Å². The van der Waals surface area contributed by atoms with Gasteiger partial charge in [0.2, 0.25) is 0 Å². The molecule has 2 aliphatic rings. The van der Waals surface area contributed by atoms with E-state index in [4.69, 9.17) is 18.6 Å². The molecular weight excluding hydrogens is 246 g/mol. The van der Waals surface area contributed by atoms with Gasteiger partial charge in [-0.25, -0.2) is 0 Å². The molecule has 0 aromatic rings.